The minimum atomic E-state index is -1.20. The fraction of sp³-hybridized carbons (Fsp3) is 0.375. The lowest BCUT2D eigenvalue weighted by molar-refractivity contribution is -0.157. The number of guanidine groups is 1. The zero-order valence-electron chi connectivity index (χ0n) is 20.4. The first-order valence-corrected chi connectivity index (χ1v) is 11.9. The number of carbonyl (C=O) groups is 4. The number of hydrogen-bond donors (Lipinski definition) is 4. The standard InChI is InChI=1S/C24H31N5O6S/c1-24(2,3)35-21(32)16(29-23(33)34-14-15-7-5-4-6-8-15)13-28-20(31)19-10-9-18(36-19)17(30)11-12-27-22(25)26/h4-10,16H,11-14H2,1-3H3,(H,28,31)(H,29,33)(H4,25,26,27)/t16-/m0/s1. The van der Waals surface area contributed by atoms with Crippen molar-refractivity contribution in [2.24, 2.45) is 16.5 Å². The molecule has 12 heteroatoms. The van der Waals surface area contributed by atoms with Gasteiger partial charge in [0.25, 0.3) is 5.91 Å². The van der Waals surface area contributed by atoms with Crippen molar-refractivity contribution >= 4 is 41.0 Å². The molecule has 0 saturated heterocycles. The maximum atomic E-state index is 12.6. The number of thiophene rings is 1. The molecule has 1 aromatic heterocycles. The van der Waals surface area contributed by atoms with Gasteiger partial charge in [-0.05, 0) is 38.5 Å². The summed E-state index contributed by atoms with van der Waals surface area (Å²) in [6.07, 6.45) is -0.747. The number of ether oxygens (including phenoxy) is 2. The topological polar surface area (TPSA) is 175 Å². The molecule has 0 saturated carbocycles. The van der Waals surface area contributed by atoms with Crippen LogP contribution in [0, 0.1) is 0 Å². The highest BCUT2D eigenvalue weighted by Crippen LogP contribution is 2.18. The van der Waals surface area contributed by atoms with E-state index in [1.54, 1.807) is 32.9 Å². The molecule has 0 bridgehead atoms. The molecule has 0 aliphatic rings. The number of alkyl carbamates (subject to hydrolysis) is 1. The van der Waals surface area contributed by atoms with Gasteiger partial charge in [-0.25, -0.2) is 9.59 Å². The molecule has 0 unspecified atom stereocenters. The SMILES string of the molecule is CC(C)(C)OC(=O)[C@H](CNC(=O)c1ccc(C(=O)CCN=C(N)N)s1)NC(=O)OCc1ccccc1. The normalized spacial score (nSPS) is 11.6. The summed E-state index contributed by atoms with van der Waals surface area (Å²) in [5, 5.41) is 5.03. The number of hydrogen-bond acceptors (Lipinski definition) is 8. The molecule has 1 heterocycles. The summed E-state index contributed by atoms with van der Waals surface area (Å²) in [6.45, 7) is 4.96. The summed E-state index contributed by atoms with van der Waals surface area (Å²) in [5.74, 6) is -1.57. The third-order valence-electron chi connectivity index (χ3n) is 4.40. The van der Waals surface area contributed by atoms with E-state index in [0.717, 1.165) is 16.9 Å². The van der Waals surface area contributed by atoms with Crippen LogP contribution in [0.15, 0.2) is 47.5 Å². The Balaban J connectivity index is 1.98. The van der Waals surface area contributed by atoms with E-state index in [-0.39, 0.29) is 42.7 Å². The lowest BCUT2D eigenvalue weighted by Gasteiger charge is -2.24. The molecule has 36 heavy (non-hydrogen) atoms. The zero-order chi connectivity index (χ0) is 26.7. The number of nitrogens with two attached hydrogens (primary N) is 2. The van der Waals surface area contributed by atoms with Gasteiger partial charge in [-0.1, -0.05) is 30.3 Å². The minimum Gasteiger partial charge on any atom is -0.458 e. The summed E-state index contributed by atoms with van der Waals surface area (Å²) in [6, 6.07) is 10.9. The Morgan fingerprint density at radius 1 is 1.03 bits per heavy atom. The average molecular weight is 518 g/mol. The predicted octanol–water partition coefficient (Wildman–Crippen LogP) is 1.96. The van der Waals surface area contributed by atoms with E-state index in [2.05, 4.69) is 15.6 Å². The zero-order valence-corrected chi connectivity index (χ0v) is 21.2. The van der Waals surface area contributed by atoms with Gasteiger partial charge in [0.15, 0.2) is 11.7 Å². The van der Waals surface area contributed by atoms with Crippen molar-refractivity contribution in [1.82, 2.24) is 10.6 Å². The molecule has 2 rings (SSSR count). The Labute approximate surface area is 213 Å². The van der Waals surface area contributed by atoms with Gasteiger partial charge in [0.05, 0.1) is 16.3 Å². The molecule has 1 atom stereocenters. The van der Waals surface area contributed by atoms with Gasteiger partial charge in [-0.3, -0.25) is 14.6 Å². The van der Waals surface area contributed by atoms with E-state index >= 15 is 0 Å². The maximum Gasteiger partial charge on any atom is 0.408 e. The van der Waals surface area contributed by atoms with Crippen LogP contribution >= 0.6 is 11.3 Å². The van der Waals surface area contributed by atoms with Crippen LogP contribution in [0.2, 0.25) is 0 Å². The van der Waals surface area contributed by atoms with Gasteiger partial charge in [0.2, 0.25) is 0 Å². The lowest BCUT2D eigenvalue weighted by atomic mass is 10.2. The Kier molecular flexibility index (Phi) is 10.4. The summed E-state index contributed by atoms with van der Waals surface area (Å²) < 4.78 is 10.5. The monoisotopic (exact) mass is 517 g/mol. The molecule has 2 aromatic rings. The number of amides is 2. The Morgan fingerprint density at radius 2 is 1.69 bits per heavy atom. The highest BCUT2D eigenvalue weighted by Gasteiger charge is 2.28. The fourth-order valence-electron chi connectivity index (χ4n) is 2.77. The molecule has 0 aliphatic heterocycles. The van der Waals surface area contributed by atoms with Gasteiger partial charge in [0, 0.05) is 13.0 Å². The average Bonchev–Trinajstić information content (AvgIpc) is 3.30. The second-order valence-electron chi connectivity index (χ2n) is 8.65. The van der Waals surface area contributed by atoms with Gasteiger partial charge in [0.1, 0.15) is 18.2 Å². The van der Waals surface area contributed by atoms with Crippen molar-refractivity contribution in [2.45, 2.75) is 45.4 Å². The number of Topliss-reactive ketones (excluding diaryl/α,β-unsaturated/α-hetero) is 1. The third-order valence-corrected chi connectivity index (χ3v) is 5.53. The summed E-state index contributed by atoms with van der Waals surface area (Å²) >= 11 is 0.997. The smallest absolute Gasteiger partial charge is 0.408 e. The van der Waals surface area contributed by atoms with Crippen LogP contribution in [-0.4, -0.2) is 54.4 Å². The van der Waals surface area contributed by atoms with Crippen molar-refractivity contribution in [3.63, 3.8) is 0 Å². The first-order valence-electron chi connectivity index (χ1n) is 11.1. The second kappa shape index (κ2) is 13.2. The molecular formula is C24H31N5O6S. The molecule has 11 nitrogen and oxygen atoms in total. The van der Waals surface area contributed by atoms with Crippen LogP contribution < -0.4 is 22.1 Å². The molecule has 2 amide bonds. The number of rotatable bonds is 11. The van der Waals surface area contributed by atoms with Gasteiger partial charge in [-0.15, -0.1) is 11.3 Å². The van der Waals surface area contributed by atoms with Crippen molar-refractivity contribution in [2.75, 3.05) is 13.1 Å². The van der Waals surface area contributed by atoms with E-state index < -0.39 is 29.6 Å². The number of nitrogens with one attached hydrogen (secondary N) is 2. The van der Waals surface area contributed by atoms with Crippen molar-refractivity contribution < 1.29 is 28.7 Å². The molecule has 0 radical (unpaired) electrons. The number of aliphatic imine (C=N–C) groups is 1. The van der Waals surface area contributed by atoms with Crippen LogP contribution in [0.4, 0.5) is 4.79 Å². The van der Waals surface area contributed by atoms with E-state index in [9.17, 15) is 19.2 Å². The van der Waals surface area contributed by atoms with E-state index in [1.165, 1.54) is 12.1 Å². The molecule has 1 aromatic carbocycles. The van der Waals surface area contributed by atoms with Gasteiger partial charge >= 0.3 is 12.1 Å². The third kappa shape index (κ3) is 10.1. The Hall–Kier alpha value is -3.93. The molecule has 194 valence electrons. The van der Waals surface area contributed by atoms with Gasteiger partial charge < -0.3 is 31.6 Å². The van der Waals surface area contributed by atoms with E-state index in [4.69, 9.17) is 20.9 Å². The maximum absolute atomic E-state index is 12.6. The van der Waals surface area contributed by atoms with Crippen LogP contribution in [0.5, 0.6) is 0 Å². The first kappa shape index (κ1) is 28.3. The highest BCUT2D eigenvalue weighted by atomic mass is 32.1. The van der Waals surface area contributed by atoms with Crippen LogP contribution in [-0.2, 0) is 20.9 Å². The molecule has 6 N–H and O–H groups in total. The number of benzene rings is 1. The highest BCUT2D eigenvalue weighted by molar-refractivity contribution is 7.16. The van der Waals surface area contributed by atoms with Crippen LogP contribution in [0.25, 0.3) is 0 Å². The van der Waals surface area contributed by atoms with Crippen LogP contribution in [0.1, 0.15) is 52.1 Å². The summed E-state index contributed by atoms with van der Waals surface area (Å²) in [4.78, 5) is 54.2. The summed E-state index contributed by atoms with van der Waals surface area (Å²) in [5.41, 5.74) is 10.5. The van der Waals surface area contributed by atoms with Crippen molar-refractivity contribution in [3.05, 3.63) is 57.8 Å². The lowest BCUT2D eigenvalue weighted by Crippen LogP contribution is -2.50. The van der Waals surface area contributed by atoms with Gasteiger partial charge in [-0.2, -0.15) is 0 Å². The summed E-state index contributed by atoms with van der Waals surface area (Å²) in [7, 11) is 0. The van der Waals surface area contributed by atoms with Crippen LogP contribution in [0.3, 0.4) is 0 Å². The first-order chi connectivity index (χ1) is 16.9. The Morgan fingerprint density at radius 3 is 2.33 bits per heavy atom. The number of esters is 1. The number of nitrogens with zero attached hydrogens (tertiary/aromatic N) is 1. The fourth-order valence-corrected chi connectivity index (χ4v) is 3.66. The van der Waals surface area contributed by atoms with E-state index in [1.807, 2.05) is 18.2 Å². The predicted molar refractivity (Wildman–Crippen MR) is 136 cm³/mol. The number of ketones is 1. The minimum absolute atomic E-state index is 0.00918. The van der Waals surface area contributed by atoms with Crippen molar-refractivity contribution in [3.8, 4) is 0 Å². The molecular weight excluding hydrogens is 486 g/mol. The van der Waals surface area contributed by atoms with Crippen molar-refractivity contribution in [1.29, 1.82) is 0 Å². The quantitative estimate of drug-likeness (QED) is 0.151. The second-order valence-corrected chi connectivity index (χ2v) is 9.73. The molecule has 0 spiro atoms. The van der Waals surface area contributed by atoms with E-state index in [0.29, 0.717) is 4.88 Å². The Bertz CT molecular complexity index is 1090. The largest absolute Gasteiger partial charge is 0.458 e. The number of carbonyl (C=O) groups excluding carboxylic acids is 4. The molecule has 0 fully saturated rings. The molecule has 0 aliphatic carbocycles.